The van der Waals surface area contributed by atoms with E-state index in [1.54, 1.807) is 0 Å². The minimum atomic E-state index is -4.33. The van der Waals surface area contributed by atoms with Gasteiger partial charge in [-0.1, -0.05) is 24.3 Å². The molecule has 3 aromatic rings. The number of benzene rings is 3. The van der Waals surface area contributed by atoms with Crippen LogP contribution >= 0.6 is 0 Å². The molecule has 3 aromatic carbocycles. The van der Waals surface area contributed by atoms with Gasteiger partial charge in [-0.15, -0.1) is 0 Å². The van der Waals surface area contributed by atoms with Crippen molar-refractivity contribution in [2.75, 3.05) is 37.7 Å². The molecule has 2 unspecified atom stereocenters. The number of alkyl halides is 3. The van der Waals surface area contributed by atoms with Gasteiger partial charge in [0.15, 0.2) is 6.29 Å². The van der Waals surface area contributed by atoms with Gasteiger partial charge in [0.25, 0.3) is 0 Å². The highest BCUT2D eigenvalue weighted by atomic mass is 19.4. The maximum Gasteiger partial charge on any atom is 0.416 e. The highest BCUT2D eigenvalue weighted by Crippen LogP contribution is 2.29. The van der Waals surface area contributed by atoms with Crippen LogP contribution in [-0.2, 0) is 23.9 Å². The van der Waals surface area contributed by atoms with Crippen molar-refractivity contribution in [3.05, 3.63) is 89.5 Å². The summed E-state index contributed by atoms with van der Waals surface area (Å²) in [7, 11) is 0. The van der Waals surface area contributed by atoms with Gasteiger partial charge in [-0.3, -0.25) is 4.90 Å². The number of hydrogen-bond acceptors (Lipinski definition) is 5. The third-order valence-corrected chi connectivity index (χ3v) is 7.69. The van der Waals surface area contributed by atoms with Crippen molar-refractivity contribution < 1.29 is 27.4 Å². The van der Waals surface area contributed by atoms with Crippen molar-refractivity contribution in [2.24, 2.45) is 0 Å². The van der Waals surface area contributed by atoms with E-state index in [4.69, 9.17) is 14.2 Å². The Morgan fingerprint density at radius 3 is 2.10 bits per heavy atom. The summed E-state index contributed by atoms with van der Waals surface area (Å²) in [6.07, 6.45) is -0.297. The van der Waals surface area contributed by atoms with E-state index in [1.807, 2.05) is 24.3 Å². The van der Waals surface area contributed by atoms with Gasteiger partial charge in [-0.25, -0.2) is 0 Å². The summed E-state index contributed by atoms with van der Waals surface area (Å²) in [5.41, 5.74) is 2.49. The number of anilines is 1. The molecular formula is C32H37F3N2O3. The molecule has 2 atom stereocenters. The Hall–Kier alpha value is -3.23. The van der Waals surface area contributed by atoms with Gasteiger partial charge in [0.2, 0.25) is 0 Å². The Balaban J connectivity index is 1.04. The van der Waals surface area contributed by atoms with E-state index in [1.165, 1.54) is 23.4 Å². The summed E-state index contributed by atoms with van der Waals surface area (Å²) >= 11 is 0. The Morgan fingerprint density at radius 2 is 1.48 bits per heavy atom. The number of halogens is 3. The zero-order valence-corrected chi connectivity index (χ0v) is 22.9. The molecule has 0 N–H and O–H groups in total. The average molecular weight is 555 g/mol. The first-order chi connectivity index (χ1) is 19.3. The normalized spacial score (nSPS) is 19.3. The van der Waals surface area contributed by atoms with Crippen LogP contribution in [0.3, 0.4) is 0 Å². The molecule has 2 aliphatic rings. The van der Waals surface area contributed by atoms with Gasteiger partial charge in [0.05, 0.1) is 12.2 Å². The fourth-order valence-corrected chi connectivity index (χ4v) is 5.26. The zero-order chi connectivity index (χ0) is 28.0. The van der Waals surface area contributed by atoms with Gasteiger partial charge in [-0.2, -0.15) is 13.2 Å². The number of nitrogens with zero attached hydrogens (tertiary/aromatic N) is 2. The van der Waals surface area contributed by atoms with Crippen LogP contribution in [0, 0.1) is 0 Å². The van der Waals surface area contributed by atoms with Crippen LogP contribution in [0.1, 0.15) is 42.9 Å². The van der Waals surface area contributed by atoms with Gasteiger partial charge >= 0.3 is 6.18 Å². The average Bonchev–Trinajstić information content (AvgIpc) is 2.98. The van der Waals surface area contributed by atoms with Crippen LogP contribution in [0.15, 0.2) is 72.8 Å². The third kappa shape index (κ3) is 7.70. The molecule has 2 fully saturated rings. The van der Waals surface area contributed by atoms with Gasteiger partial charge < -0.3 is 19.1 Å². The first-order valence-corrected chi connectivity index (χ1v) is 14.1. The van der Waals surface area contributed by atoms with Crippen molar-refractivity contribution in [1.29, 1.82) is 0 Å². The second kappa shape index (κ2) is 13.0. The molecular weight excluding hydrogens is 517 g/mol. The molecule has 0 saturated carbocycles. The van der Waals surface area contributed by atoms with E-state index < -0.39 is 11.7 Å². The van der Waals surface area contributed by atoms with Crippen molar-refractivity contribution in [3.8, 4) is 11.5 Å². The third-order valence-electron chi connectivity index (χ3n) is 7.69. The fraction of sp³-hybridized carbons (Fsp3) is 0.438. The summed E-state index contributed by atoms with van der Waals surface area (Å²) < 4.78 is 55.6. The van der Waals surface area contributed by atoms with Crippen molar-refractivity contribution in [1.82, 2.24) is 4.90 Å². The molecule has 2 aliphatic heterocycles. The number of ether oxygens (including phenoxy) is 3. The van der Waals surface area contributed by atoms with Crippen molar-refractivity contribution in [2.45, 2.75) is 57.7 Å². The number of rotatable bonds is 9. The Labute approximate surface area is 234 Å². The van der Waals surface area contributed by atoms with E-state index in [9.17, 15) is 13.2 Å². The van der Waals surface area contributed by atoms with Gasteiger partial charge in [-0.05, 0) is 85.8 Å². The molecule has 40 heavy (non-hydrogen) atoms. The minimum Gasteiger partial charge on any atom is -0.489 e. The van der Waals surface area contributed by atoms with E-state index in [-0.39, 0.29) is 12.9 Å². The smallest absolute Gasteiger partial charge is 0.416 e. The quantitative estimate of drug-likeness (QED) is 0.286. The summed E-state index contributed by atoms with van der Waals surface area (Å²) in [6, 6.07) is 21.8. The predicted octanol–water partition coefficient (Wildman–Crippen LogP) is 6.94. The van der Waals surface area contributed by atoms with E-state index in [0.29, 0.717) is 17.4 Å². The second-order valence-corrected chi connectivity index (χ2v) is 10.6. The molecule has 0 aromatic heterocycles. The summed E-state index contributed by atoms with van der Waals surface area (Å²) in [4.78, 5) is 4.95. The highest BCUT2D eigenvalue weighted by Gasteiger charge is 2.30. The molecule has 0 amide bonds. The van der Waals surface area contributed by atoms with Gasteiger partial charge in [0, 0.05) is 44.3 Å². The van der Waals surface area contributed by atoms with Crippen LogP contribution in [0.2, 0.25) is 0 Å². The molecule has 5 nitrogen and oxygen atoms in total. The lowest BCUT2D eigenvalue weighted by atomic mass is 10.0. The molecule has 5 rings (SSSR count). The lowest BCUT2D eigenvalue weighted by Crippen LogP contribution is -2.50. The maximum absolute atomic E-state index is 12.7. The number of hydrogen-bond donors (Lipinski definition) is 0. The zero-order valence-electron chi connectivity index (χ0n) is 22.9. The molecule has 2 heterocycles. The minimum absolute atomic E-state index is 0.124. The molecule has 0 spiro atoms. The van der Waals surface area contributed by atoms with Crippen molar-refractivity contribution >= 4 is 5.69 Å². The molecule has 0 radical (unpaired) electrons. The standard InChI is InChI=1S/C32H37F3N2O3/c1-24(22-25-7-13-29(14-8-25)39-23-26-5-9-27(10-6-26)32(33,34)35)36-17-19-37(20-18-36)28-11-15-30(16-12-28)40-31-4-2-3-21-38-31/h5-16,24,31H,2-4,17-23H2,1H3. The van der Waals surface area contributed by atoms with Crippen LogP contribution in [0.4, 0.5) is 18.9 Å². The molecule has 0 aliphatic carbocycles. The SMILES string of the molecule is CC(Cc1ccc(OCc2ccc(C(F)(F)F)cc2)cc1)N1CCN(c2ccc(OC3CCCCO3)cc2)CC1. The Morgan fingerprint density at radius 1 is 0.825 bits per heavy atom. The van der Waals surface area contributed by atoms with Crippen LogP contribution in [0.25, 0.3) is 0 Å². The lowest BCUT2D eigenvalue weighted by molar-refractivity contribution is -0.137. The molecule has 8 heteroatoms. The monoisotopic (exact) mass is 554 g/mol. The van der Waals surface area contributed by atoms with Crippen molar-refractivity contribution in [3.63, 3.8) is 0 Å². The van der Waals surface area contributed by atoms with Crippen LogP contribution in [0.5, 0.6) is 11.5 Å². The lowest BCUT2D eigenvalue weighted by Gasteiger charge is -2.39. The van der Waals surface area contributed by atoms with E-state index >= 15 is 0 Å². The predicted molar refractivity (Wildman–Crippen MR) is 150 cm³/mol. The summed E-state index contributed by atoms with van der Waals surface area (Å²) in [5, 5.41) is 0. The highest BCUT2D eigenvalue weighted by molar-refractivity contribution is 5.49. The first kappa shape index (κ1) is 28.3. The second-order valence-electron chi connectivity index (χ2n) is 10.6. The molecule has 0 bridgehead atoms. The topological polar surface area (TPSA) is 34.2 Å². The Bertz CT molecular complexity index is 1190. The number of piperazine rings is 1. The first-order valence-electron chi connectivity index (χ1n) is 14.1. The van der Waals surface area contributed by atoms with Gasteiger partial charge in [0.1, 0.15) is 18.1 Å². The Kier molecular flexibility index (Phi) is 9.17. The van der Waals surface area contributed by atoms with E-state index in [0.717, 1.165) is 76.4 Å². The van der Waals surface area contributed by atoms with Crippen LogP contribution in [-0.4, -0.2) is 50.0 Å². The largest absolute Gasteiger partial charge is 0.489 e. The fourth-order valence-electron chi connectivity index (χ4n) is 5.26. The summed E-state index contributed by atoms with van der Waals surface area (Å²) in [6.45, 7) is 7.24. The molecule has 2 saturated heterocycles. The maximum atomic E-state index is 12.7. The summed E-state index contributed by atoms with van der Waals surface area (Å²) in [5.74, 6) is 1.56. The van der Waals surface area contributed by atoms with E-state index in [2.05, 4.69) is 41.0 Å². The van der Waals surface area contributed by atoms with Crippen LogP contribution < -0.4 is 14.4 Å². The molecule has 214 valence electrons.